The third-order valence-electron chi connectivity index (χ3n) is 3.83. The molecule has 3 aromatic carbocycles. The number of hydrogen-bond donors (Lipinski definition) is 0. The molecule has 0 aliphatic carbocycles. The summed E-state index contributed by atoms with van der Waals surface area (Å²) in [7, 11) is 0.235. The van der Waals surface area contributed by atoms with Crippen LogP contribution < -0.4 is 15.3 Å². The Kier molecular flexibility index (Phi) is 5.27. The number of hydrogen-bond acceptors (Lipinski definition) is 1. The Hall–Kier alpha value is -2.18. The molecular formula is C21H20FOP. The van der Waals surface area contributed by atoms with E-state index in [-0.39, 0.29) is 14.4 Å². The number of aryl methyl sites for hydroxylation is 2. The van der Waals surface area contributed by atoms with Gasteiger partial charge in [0.2, 0.25) is 0 Å². The van der Waals surface area contributed by atoms with E-state index in [0.717, 1.165) is 33.0 Å². The molecule has 3 aromatic rings. The summed E-state index contributed by atoms with van der Waals surface area (Å²) < 4.78 is 20.3. The predicted octanol–water partition coefficient (Wildman–Crippen LogP) is 4.65. The zero-order valence-corrected chi connectivity index (χ0v) is 14.8. The predicted molar refractivity (Wildman–Crippen MR) is 101 cm³/mol. The van der Waals surface area contributed by atoms with Crippen LogP contribution in [-0.2, 0) is 6.61 Å². The molecule has 0 fully saturated rings. The summed E-state index contributed by atoms with van der Waals surface area (Å²) in [5, 5.41) is 1.75. The minimum atomic E-state index is -0.149. The van der Waals surface area contributed by atoms with E-state index in [4.69, 9.17) is 4.74 Å². The maximum absolute atomic E-state index is 14.2. The molecule has 0 saturated heterocycles. The number of ether oxygens (including phenoxy) is 1. The maximum Gasteiger partial charge on any atom is 0.131 e. The lowest BCUT2D eigenvalue weighted by Gasteiger charge is -2.15. The third kappa shape index (κ3) is 4.01. The molecule has 122 valence electrons. The summed E-state index contributed by atoms with van der Waals surface area (Å²) in [6, 6.07) is 21.5. The summed E-state index contributed by atoms with van der Waals surface area (Å²) >= 11 is 0. The molecule has 1 nitrogen and oxygen atoms in total. The SMILES string of the molecule is Cc1ccc(Pc2cccc(C)c2OCc2ccccc2)c(F)c1. The molecule has 0 aliphatic heterocycles. The molecule has 0 bridgehead atoms. The van der Waals surface area contributed by atoms with E-state index in [2.05, 4.69) is 0 Å². The molecule has 3 heteroatoms. The number of rotatable bonds is 5. The van der Waals surface area contributed by atoms with Gasteiger partial charge in [-0.05, 0) is 36.6 Å². The van der Waals surface area contributed by atoms with Gasteiger partial charge in [-0.1, -0.05) is 69.2 Å². The van der Waals surface area contributed by atoms with E-state index in [1.54, 1.807) is 6.07 Å². The summed E-state index contributed by atoms with van der Waals surface area (Å²) in [6.07, 6.45) is 0. The number of benzene rings is 3. The van der Waals surface area contributed by atoms with E-state index in [9.17, 15) is 4.39 Å². The Morgan fingerprint density at radius 2 is 1.67 bits per heavy atom. The molecule has 0 heterocycles. The third-order valence-corrected chi connectivity index (χ3v) is 5.17. The van der Waals surface area contributed by atoms with Gasteiger partial charge in [0.15, 0.2) is 0 Å². The highest BCUT2D eigenvalue weighted by Crippen LogP contribution is 2.25. The van der Waals surface area contributed by atoms with E-state index in [1.807, 2.05) is 74.5 Å². The largest absolute Gasteiger partial charge is 0.488 e. The Labute approximate surface area is 144 Å². The van der Waals surface area contributed by atoms with Crippen molar-refractivity contribution in [1.29, 1.82) is 0 Å². The van der Waals surface area contributed by atoms with Crippen LogP contribution in [0.3, 0.4) is 0 Å². The fourth-order valence-corrected chi connectivity index (χ4v) is 3.75. The first kappa shape index (κ1) is 16.7. The maximum atomic E-state index is 14.2. The standard InChI is InChI=1S/C21H20FOP/c1-15-11-12-19(18(22)13-15)24-20-10-6-7-16(2)21(20)23-14-17-8-4-3-5-9-17/h3-13,24H,14H2,1-2H3. The first-order valence-corrected chi connectivity index (χ1v) is 8.93. The minimum Gasteiger partial charge on any atom is -0.488 e. The second-order valence-electron chi connectivity index (χ2n) is 5.83. The molecule has 1 atom stereocenters. The Balaban J connectivity index is 1.84. The van der Waals surface area contributed by atoms with E-state index >= 15 is 0 Å². The van der Waals surface area contributed by atoms with E-state index in [0.29, 0.717) is 6.61 Å². The molecule has 0 saturated carbocycles. The van der Waals surface area contributed by atoms with Crippen molar-refractivity contribution >= 4 is 19.2 Å². The van der Waals surface area contributed by atoms with Crippen molar-refractivity contribution in [2.45, 2.75) is 20.5 Å². The highest BCUT2D eigenvalue weighted by Gasteiger charge is 2.11. The Bertz CT molecular complexity index is 830. The molecule has 3 rings (SSSR count). The van der Waals surface area contributed by atoms with Crippen molar-refractivity contribution in [3.05, 3.63) is 89.2 Å². The van der Waals surface area contributed by atoms with Gasteiger partial charge in [-0.3, -0.25) is 0 Å². The highest BCUT2D eigenvalue weighted by molar-refractivity contribution is 7.55. The quantitative estimate of drug-likeness (QED) is 0.615. The fraction of sp³-hybridized carbons (Fsp3) is 0.143. The van der Waals surface area contributed by atoms with Crippen LogP contribution in [0.2, 0.25) is 0 Å². The Morgan fingerprint density at radius 3 is 2.42 bits per heavy atom. The fourth-order valence-electron chi connectivity index (χ4n) is 2.54. The lowest BCUT2D eigenvalue weighted by molar-refractivity contribution is 0.307. The van der Waals surface area contributed by atoms with Gasteiger partial charge in [0.25, 0.3) is 0 Å². The first-order chi connectivity index (χ1) is 11.6. The van der Waals surface area contributed by atoms with Crippen LogP contribution in [0.5, 0.6) is 5.75 Å². The zero-order valence-electron chi connectivity index (χ0n) is 13.8. The summed E-state index contributed by atoms with van der Waals surface area (Å²) in [5.74, 6) is 0.712. The lowest BCUT2D eigenvalue weighted by Crippen LogP contribution is -2.12. The lowest BCUT2D eigenvalue weighted by atomic mass is 10.2. The average molecular weight is 338 g/mol. The first-order valence-electron chi connectivity index (χ1n) is 7.93. The van der Waals surface area contributed by atoms with Crippen molar-refractivity contribution in [3.8, 4) is 5.75 Å². The molecule has 0 amide bonds. The van der Waals surface area contributed by atoms with Crippen LogP contribution in [0.4, 0.5) is 4.39 Å². The number of para-hydroxylation sites is 1. The van der Waals surface area contributed by atoms with Gasteiger partial charge in [-0.25, -0.2) is 4.39 Å². The molecule has 0 aromatic heterocycles. The van der Waals surface area contributed by atoms with Crippen molar-refractivity contribution in [2.75, 3.05) is 0 Å². The monoisotopic (exact) mass is 338 g/mol. The molecule has 0 aliphatic rings. The smallest absolute Gasteiger partial charge is 0.131 e. The van der Waals surface area contributed by atoms with Gasteiger partial charge in [-0.15, -0.1) is 0 Å². The molecule has 0 radical (unpaired) electrons. The summed E-state index contributed by atoms with van der Waals surface area (Å²) in [6.45, 7) is 4.44. The average Bonchev–Trinajstić information content (AvgIpc) is 2.58. The van der Waals surface area contributed by atoms with E-state index in [1.165, 1.54) is 0 Å². The van der Waals surface area contributed by atoms with Crippen LogP contribution in [0.1, 0.15) is 16.7 Å². The highest BCUT2D eigenvalue weighted by atomic mass is 31.1. The van der Waals surface area contributed by atoms with Gasteiger partial charge in [0.05, 0.1) is 0 Å². The zero-order chi connectivity index (χ0) is 16.9. The van der Waals surface area contributed by atoms with Crippen molar-refractivity contribution < 1.29 is 9.13 Å². The van der Waals surface area contributed by atoms with Crippen molar-refractivity contribution in [2.24, 2.45) is 0 Å². The van der Waals surface area contributed by atoms with Gasteiger partial charge in [0.1, 0.15) is 18.2 Å². The van der Waals surface area contributed by atoms with E-state index < -0.39 is 0 Å². The van der Waals surface area contributed by atoms with Crippen LogP contribution in [0.25, 0.3) is 0 Å². The van der Waals surface area contributed by atoms with Crippen LogP contribution >= 0.6 is 8.58 Å². The van der Waals surface area contributed by atoms with Crippen molar-refractivity contribution in [1.82, 2.24) is 0 Å². The van der Waals surface area contributed by atoms with Gasteiger partial charge in [0, 0.05) is 10.6 Å². The van der Waals surface area contributed by atoms with Gasteiger partial charge in [-0.2, -0.15) is 0 Å². The second-order valence-corrected chi connectivity index (χ2v) is 7.16. The molecule has 1 unspecified atom stereocenters. The molecule has 0 N–H and O–H groups in total. The molecule has 0 spiro atoms. The Morgan fingerprint density at radius 1 is 0.875 bits per heavy atom. The normalized spacial score (nSPS) is 11.1. The summed E-state index contributed by atoms with van der Waals surface area (Å²) in [4.78, 5) is 0. The van der Waals surface area contributed by atoms with Crippen molar-refractivity contribution in [3.63, 3.8) is 0 Å². The van der Waals surface area contributed by atoms with Gasteiger partial charge < -0.3 is 4.74 Å². The van der Waals surface area contributed by atoms with Gasteiger partial charge >= 0.3 is 0 Å². The van der Waals surface area contributed by atoms with Crippen LogP contribution in [-0.4, -0.2) is 0 Å². The molecular weight excluding hydrogens is 318 g/mol. The van der Waals surface area contributed by atoms with Crippen LogP contribution in [0.15, 0.2) is 66.7 Å². The summed E-state index contributed by atoms with van der Waals surface area (Å²) in [5.41, 5.74) is 3.13. The second kappa shape index (κ2) is 7.59. The minimum absolute atomic E-state index is 0.149. The topological polar surface area (TPSA) is 9.23 Å². The number of halogens is 1. The molecule has 24 heavy (non-hydrogen) atoms. The van der Waals surface area contributed by atoms with Crippen LogP contribution in [0, 0.1) is 19.7 Å².